The molecule has 0 bridgehead atoms. The van der Waals surface area contributed by atoms with Gasteiger partial charge in [-0.3, -0.25) is 0 Å². The molecule has 0 aliphatic carbocycles. The number of pyridine rings is 1. The van der Waals surface area contributed by atoms with E-state index in [1.807, 2.05) is 49.3 Å². The van der Waals surface area contributed by atoms with Crippen molar-refractivity contribution in [3.05, 3.63) is 186 Å². The van der Waals surface area contributed by atoms with Crippen LogP contribution in [-0.2, 0) is 26.2 Å². The first-order chi connectivity index (χ1) is 29.1. The van der Waals surface area contributed by atoms with Crippen LogP contribution in [0.2, 0.25) is 0 Å². The topological polar surface area (TPSA) is 55.8 Å². The summed E-state index contributed by atoms with van der Waals surface area (Å²) in [7, 11) is 4.05. The third kappa shape index (κ3) is 15.3. The Kier molecular flexibility index (Phi) is 18.3. The van der Waals surface area contributed by atoms with E-state index in [1.54, 1.807) is 0 Å². The lowest BCUT2D eigenvalue weighted by Crippen LogP contribution is -2.34. The van der Waals surface area contributed by atoms with Crippen molar-refractivity contribution in [3.63, 3.8) is 0 Å². The fourth-order valence-electron chi connectivity index (χ4n) is 6.89. The maximum absolute atomic E-state index is 9.20. The molecule has 0 atom stereocenters. The van der Waals surface area contributed by atoms with Crippen LogP contribution in [-0.4, -0.2) is 52.6 Å². The molecule has 0 saturated heterocycles. The Morgan fingerprint density at radius 1 is 0.508 bits per heavy atom. The van der Waals surface area contributed by atoms with Gasteiger partial charge in [0.25, 0.3) is 0 Å². The summed E-state index contributed by atoms with van der Waals surface area (Å²) in [5.74, 6) is 2.34. The van der Waals surface area contributed by atoms with Crippen LogP contribution in [0.3, 0.4) is 0 Å². The van der Waals surface area contributed by atoms with Gasteiger partial charge in [0.05, 0.1) is 6.61 Å². The molecule has 8 heteroatoms. The summed E-state index contributed by atoms with van der Waals surface area (Å²) in [4.78, 5) is 5.03. The van der Waals surface area contributed by atoms with Gasteiger partial charge in [0, 0.05) is 80.1 Å². The Hall–Kier alpha value is -4.99. The average Bonchev–Trinajstić information content (AvgIpc) is 3.74. The molecule has 6 aromatic rings. The van der Waals surface area contributed by atoms with E-state index in [2.05, 4.69) is 168 Å². The van der Waals surface area contributed by atoms with Gasteiger partial charge in [-0.1, -0.05) is 131 Å². The highest BCUT2D eigenvalue weighted by atomic mass is 33.1. The summed E-state index contributed by atoms with van der Waals surface area (Å²) in [5, 5.41) is 18.4. The van der Waals surface area contributed by atoms with Gasteiger partial charge in [-0.25, -0.2) is 4.57 Å². The molecular weight excluding hydrogens is 765 g/mol. The third-order valence-electron chi connectivity index (χ3n) is 10.2. The van der Waals surface area contributed by atoms with Gasteiger partial charge in [-0.05, 0) is 89.4 Å². The lowest BCUT2D eigenvalue weighted by Gasteiger charge is -2.25. The van der Waals surface area contributed by atoms with Crippen molar-refractivity contribution in [3.8, 4) is 0 Å². The van der Waals surface area contributed by atoms with Crippen molar-refractivity contribution in [1.29, 1.82) is 0 Å². The standard InChI is InChI=1S/C51H59N4O2S2/c56-37-35-52-32-27-46(28-33-52)16-15-44-19-23-50(24-20-44)54(42-47-11-3-1-4-12-47)30-7-9-39-58-59-40-10-8-31-55(43-48-13-5-2-6-14-48)51-25-21-45(22-26-51)17-18-49-29-34-53(41-49)36-38-57/h1-6,11-29,32-34,41,56-57H,7-10,30-31,35-40,42-43H2/q+1/b18-17+. The highest BCUT2D eigenvalue weighted by Crippen LogP contribution is 2.26. The van der Waals surface area contributed by atoms with Crippen LogP contribution >= 0.6 is 21.6 Å². The monoisotopic (exact) mass is 823 g/mol. The minimum atomic E-state index is 0.144. The molecule has 4 aromatic carbocycles. The summed E-state index contributed by atoms with van der Waals surface area (Å²) in [6, 6.07) is 45.6. The molecule has 0 saturated carbocycles. The van der Waals surface area contributed by atoms with E-state index in [9.17, 15) is 5.11 Å². The smallest absolute Gasteiger partial charge is 0.171 e. The molecular formula is C51H59N4O2S2+. The van der Waals surface area contributed by atoms with Gasteiger partial charge in [0.2, 0.25) is 0 Å². The second kappa shape index (κ2) is 24.8. The molecule has 6 rings (SSSR count). The number of rotatable bonds is 25. The van der Waals surface area contributed by atoms with E-state index in [0.29, 0.717) is 13.1 Å². The van der Waals surface area contributed by atoms with Crippen molar-refractivity contribution in [1.82, 2.24) is 4.57 Å². The molecule has 0 fully saturated rings. The SMILES string of the molecule is OCCn1ccc(/C=C/c2ccc(N(CCCCSSCCCCN(Cc3ccccc3)c3ccc(/C=C/c4cc[n+](CCO)cc4)cc3)Cc3ccccc3)cc2)c1. The molecule has 0 aliphatic rings. The second-order valence-electron chi connectivity index (χ2n) is 14.7. The minimum Gasteiger partial charge on any atom is -0.395 e. The zero-order chi connectivity index (χ0) is 40.7. The van der Waals surface area contributed by atoms with Gasteiger partial charge >= 0.3 is 0 Å². The minimum absolute atomic E-state index is 0.144. The largest absolute Gasteiger partial charge is 0.395 e. The van der Waals surface area contributed by atoms with Crippen LogP contribution in [0.15, 0.2) is 152 Å². The van der Waals surface area contributed by atoms with Crippen LogP contribution < -0.4 is 14.4 Å². The first-order valence-electron chi connectivity index (χ1n) is 20.9. The van der Waals surface area contributed by atoms with Crippen LogP contribution in [0.4, 0.5) is 11.4 Å². The van der Waals surface area contributed by atoms with Gasteiger partial charge in [-0.2, -0.15) is 0 Å². The maximum atomic E-state index is 9.20. The van der Waals surface area contributed by atoms with E-state index in [0.717, 1.165) is 50.1 Å². The van der Waals surface area contributed by atoms with Gasteiger partial charge < -0.3 is 24.6 Å². The van der Waals surface area contributed by atoms with E-state index in [1.165, 1.54) is 58.0 Å². The zero-order valence-corrected chi connectivity index (χ0v) is 35.8. The van der Waals surface area contributed by atoms with Crippen molar-refractivity contribution in [2.75, 3.05) is 47.6 Å². The highest BCUT2D eigenvalue weighted by Gasteiger charge is 2.10. The molecule has 2 aromatic heterocycles. The molecule has 0 radical (unpaired) electrons. The van der Waals surface area contributed by atoms with E-state index in [-0.39, 0.29) is 13.2 Å². The number of benzene rings is 4. The van der Waals surface area contributed by atoms with Gasteiger partial charge in [-0.15, -0.1) is 0 Å². The first-order valence-corrected chi connectivity index (χ1v) is 23.4. The first kappa shape index (κ1) is 43.6. The number of aromatic nitrogens is 2. The van der Waals surface area contributed by atoms with Gasteiger partial charge in [0.1, 0.15) is 6.61 Å². The van der Waals surface area contributed by atoms with Crippen LogP contribution in [0, 0.1) is 0 Å². The van der Waals surface area contributed by atoms with E-state index in [4.69, 9.17) is 5.11 Å². The van der Waals surface area contributed by atoms with Crippen molar-refractivity contribution in [2.24, 2.45) is 0 Å². The number of nitrogens with zero attached hydrogens (tertiary/aromatic N) is 4. The summed E-state index contributed by atoms with van der Waals surface area (Å²) < 4.78 is 3.99. The lowest BCUT2D eigenvalue weighted by molar-refractivity contribution is -0.698. The highest BCUT2D eigenvalue weighted by molar-refractivity contribution is 8.76. The summed E-state index contributed by atoms with van der Waals surface area (Å²) >= 11 is 0. The predicted octanol–water partition coefficient (Wildman–Crippen LogP) is 10.8. The van der Waals surface area contributed by atoms with Crippen molar-refractivity contribution >= 4 is 57.3 Å². The number of aliphatic hydroxyl groups excluding tert-OH is 2. The Labute approximate surface area is 360 Å². The predicted molar refractivity (Wildman–Crippen MR) is 254 cm³/mol. The number of aliphatic hydroxyl groups is 2. The zero-order valence-electron chi connectivity index (χ0n) is 34.1. The quantitative estimate of drug-likeness (QED) is 0.0341. The van der Waals surface area contributed by atoms with Crippen LogP contribution in [0.25, 0.3) is 24.3 Å². The van der Waals surface area contributed by atoms with Crippen LogP contribution in [0.1, 0.15) is 59.1 Å². The second-order valence-corrected chi connectivity index (χ2v) is 17.4. The van der Waals surface area contributed by atoms with Crippen molar-refractivity contribution < 1.29 is 14.8 Å². The fourth-order valence-corrected chi connectivity index (χ4v) is 9.18. The number of anilines is 2. The molecule has 0 amide bonds. The third-order valence-corrected chi connectivity index (χ3v) is 12.8. The normalized spacial score (nSPS) is 11.5. The summed E-state index contributed by atoms with van der Waals surface area (Å²) in [6.45, 7) is 5.39. The molecule has 59 heavy (non-hydrogen) atoms. The van der Waals surface area contributed by atoms with Crippen molar-refractivity contribution in [2.45, 2.75) is 51.9 Å². The molecule has 6 nitrogen and oxygen atoms in total. The molecule has 0 aliphatic heterocycles. The lowest BCUT2D eigenvalue weighted by atomic mass is 10.1. The van der Waals surface area contributed by atoms with E-state index < -0.39 is 0 Å². The summed E-state index contributed by atoms with van der Waals surface area (Å²) in [5.41, 5.74) is 9.81. The molecule has 0 unspecified atom stereocenters. The summed E-state index contributed by atoms with van der Waals surface area (Å²) in [6.07, 6.45) is 21.4. The average molecular weight is 824 g/mol. The van der Waals surface area contributed by atoms with E-state index >= 15 is 0 Å². The maximum Gasteiger partial charge on any atom is 0.171 e. The molecule has 2 heterocycles. The molecule has 306 valence electrons. The fraction of sp³-hybridized carbons (Fsp3) is 0.275. The Morgan fingerprint density at radius 3 is 1.46 bits per heavy atom. The Morgan fingerprint density at radius 2 is 0.983 bits per heavy atom. The Bertz CT molecular complexity index is 2100. The number of hydrogen-bond acceptors (Lipinski definition) is 6. The molecule has 0 spiro atoms. The van der Waals surface area contributed by atoms with Gasteiger partial charge in [0.15, 0.2) is 18.9 Å². The Balaban J connectivity index is 0.923. The van der Waals surface area contributed by atoms with Crippen LogP contribution in [0.5, 0.6) is 0 Å². The number of hydrogen-bond donors (Lipinski definition) is 2. The number of unbranched alkanes of at least 4 members (excludes halogenated alkanes) is 2. The molecule has 2 N–H and O–H groups in total.